The Balaban J connectivity index is 1.67. The zero-order valence-electron chi connectivity index (χ0n) is 11.8. The molecule has 1 saturated carbocycles. The van der Waals surface area contributed by atoms with Gasteiger partial charge in [-0.1, -0.05) is 12.2 Å². The van der Waals surface area contributed by atoms with Crippen LogP contribution in [0.2, 0.25) is 0 Å². The van der Waals surface area contributed by atoms with Gasteiger partial charge in [0.2, 0.25) is 5.91 Å². The van der Waals surface area contributed by atoms with Crippen molar-refractivity contribution in [1.82, 2.24) is 15.5 Å². The molecule has 0 aromatic carbocycles. The van der Waals surface area contributed by atoms with Crippen LogP contribution in [0.25, 0.3) is 0 Å². The molecular weight excluding hydrogens is 254 g/mol. The molecule has 1 aliphatic carbocycles. The van der Waals surface area contributed by atoms with Gasteiger partial charge in [-0.3, -0.25) is 4.79 Å². The van der Waals surface area contributed by atoms with Gasteiger partial charge >= 0.3 is 6.03 Å². The highest BCUT2D eigenvalue weighted by molar-refractivity contribution is 5.88. The predicted octanol–water partition coefficient (Wildman–Crippen LogP) is 1.41. The molecule has 3 amide bonds. The molecule has 0 aromatic rings. The van der Waals surface area contributed by atoms with E-state index in [0.717, 1.165) is 38.5 Å². The Bertz CT molecular complexity index is 421. The predicted molar refractivity (Wildman–Crippen MR) is 76.2 cm³/mol. The third kappa shape index (κ3) is 2.97. The summed E-state index contributed by atoms with van der Waals surface area (Å²) in [6.07, 6.45) is 10.3. The molecule has 0 radical (unpaired) electrons. The second-order valence-corrected chi connectivity index (χ2v) is 6.02. The topological polar surface area (TPSA) is 61.4 Å². The van der Waals surface area contributed by atoms with E-state index in [9.17, 15) is 9.59 Å². The molecule has 0 aromatic heterocycles. The zero-order chi connectivity index (χ0) is 13.9. The van der Waals surface area contributed by atoms with E-state index in [0.29, 0.717) is 19.0 Å². The van der Waals surface area contributed by atoms with Crippen LogP contribution in [-0.4, -0.2) is 42.0 Å². The Hall–Kier alpha value is -1.52. The summed E-state index contributed by atoms with van der Waals surface area (Å²) in [7, 11) is 0. The van der Waals surface area contributed by atoms with Crippen LogP contribution in [0, 0.1) is 5.92 Å². The monoisotopic (exact) mass is 277 g/mol. The summed E-state index contributed by atoms with van der Waals surface area (Å²) in [6, 6.07) is -0.0713. The standard InChI is InChI=1S/C15H23N3O2/c19-14-13-7-5-9-18(13)15(20)16-8-4-2-1-3-6-11-10-12(11)17-14/h3,6,11-13H,1-2,4-5,7-10H2,(H,16,20)(H,17,19)/b6-3-/t11-,12?,13?/m1/s1. The lowest BCUT2D eigenvalue weighted by Crippen LogP contribution is -2.50. The second-order valence-electron chi connectivity index (χ2n) is 6.02. The highest BCUT2D eigenvalue weighted by atomic mass is 16.2. The van der Waals surface area contributed by atoms with E-state index in [1.165, 1.54) is 0 Å². The van der Waals surface area contributed by atoms with Crippen molar-refractivity contribution in [2.75, 3.05) is 13.1 Å². The van der Waals surface area contributed by atoms with Gasteiger partial charge in [-0.2, -0.15) is 0 Å². The molecule has 2 fully saturated rings. The molecule has 5 heteroatoms. The van der Waals surface area contributed by atoms with Crippen molar-refractivity contribution in [3.8, 4) is 0 Å². The SMILES string of the molecule is O=C1NC2C[C@H]2/C=C\CCCCNC(=O)N2CCCC12. The summed E-state index contributed by atoms with van der Waals surface area (Å²) < 4.78 is 0. The van der Waals surface area contributed by atoms with Crippen LogP contribution < -0.4 is 10.6 Å². The molecule has 3 rings (SSSR count). The number of carbonyl (C=O) groups is 2. The first-order chi connectivity index (χ1) is 9.75. The minimum absolute atomic E-state index is 0.0237. The first kappa shape index (κ1) is 13.5. The Kier molecular flexibility index (Phi) is 3.94. The van der Waals surface area contributed by atoms with Gasteiger partial charge in [0.05, 0.1) is 0 Å². The third-order valence-corrected chi connectivity index (χ3v) is 4.44. The van der Waals surface area contributed by atoms with E-state index in [-0.39, 0.29) is 24.0 Å². The Morgan fingerprint density at radius 1 is 1.20 bits per heavy atom. The molecule has 2 unspecified atom stereocenters. The minimum Gasteiger partial charge on any atom is -0.351 e. The Morgan fingerprint density at radius 3 is 3.00 bits per heavy atom. The largest absolute Gasteiger partial charge is 0.351 e. The average Bonchev–Trinajstić information content (AvgIpc) is 2.98. The Labute approximate surface area is 119 Å². The maximum Gasteiger partial charge on any atom is 0.318 e. The normalized spacial score (nSPS) is 36.2. The van der Waals surface area contributed by atoms with Crippen molar-refractivity contribution < 1.29 is 9.59 Å². The van der Waals surface area contributed by atoms with Gasteiger partial charge in [0, 0.05) is 19.1 Å². The number of carbonyl (C=O) groups excluding carboxylic acids is 2. The molecule has 3 aliphatic rings. The lowest BCUT2D eigenvalue weighted by atomic mass is 10.2. The number of nitrogens with zero attached hydrogens (tertiary/aromatic N) is 1. The summed E-state index contributed by atoms with van der Waals surface area (Å²) in [4.78, 5) is 26.1. The summed E-state index contributed by atoms with van der Waals surface area (Å²) >= 11 is 0. The van der Waals surface area contributed by atoms with Crippen molar-refractivity contribution in [3.05, 3.63) is 12.2 Å². The molecule has 110 valence electrons. The summed E-state index contributed by atoms with van der Waals surface area (Å²) in [5.41, 5.74) is 0. The van der Waals surface area contributed by atoms with E-state index in [4.69, 9.17) is 0 Å². The van der Waals surface area contributed by atoms with E-state index in [1.807, 2.05) is 0 Å². The molecule has 3 atom stereocenters. The lowest BCUT2D eigenvalue weighted by molar-refractivity contribution is -0.124. The number of nitrogens with one attached hydrogen (secondary N) is 2. The van der Waals surface area contributed by atoms with E-state index < -0.39 is 0 Å². The molecule has 0 bridgehead atoms. The van der Waals surface area contributed by atoms with Crippen molar-refractivity contribution in [1.29, 1.82) is 0 Å². The van der Waals surface area contributed by atoms with Gasteiger partial charge in [-0.15, -0.1) is 0 Å². The quantitative estimate of drug-likeness (QED) is 0.658. The number of urea groups is 1. The number of rotatable bonds is 0. The first-order valence-corrected chi connectivity index (χ1v) is 7.77. The molecule has 1 saturated heterocycles. The van der Waals surface area contributed by atoms with Crippen LogP contribution in [0.15, 0.2) is 12.2 Å². The van der Waals surface area contributed by atoms with Crippen molar-refractivity contribution in [2.45, 2.75) is 50.6 Å². The summed E-state index contributed by atoms with van der Waals surface area (Å²) in [6.45, 7) is 1.39. The van der Waals surface area contributed by atoms with Gasteiger partial charge in [0.25, 0.3) is 0 Å². The summed E-state index contributed by atoms with van der Waals surface area (Å²) in [5, 5.41) is 6.02. The average molecular weight is 277 g/mol. The smallest absolute Gasteiger partial charge is 0.318 e. The van der Waals surface area contributed by atoms with E-state index in [1.54, 1.807) is 4.90 Å². The number of hydrogen-bond acceptors (Lipinski definition) is 2. The maximum atomic E-state index is 12.3. The molecule has 5 nitrogen and oxygen atoms in total. The van der Waals surface area contributed by atoms with Crippen molar-refractivity contribution in [2.24, 2.45) is 5.92 Å². The first-order valence-electron chi connectivity index (χ1n) is 7.77. The van der Waals surface area contributed by atoms with Gasteiger partial charge in [0.1, 0.15) is 6.04 Å². The van der Waals surface area contributed by atoms with Gasteiger partial charge in [0.15, 0.2) is 0 Å². The summed E-state index contributed by atoms with van der Waals surface area (Å²) in [5.74, 6) is 0.529. The molecule has 2 N–H and O–H groups in total. The van der Waals surface area contributed by atoms with Gasteiger partial charge in [-0.25, -0.2) is 4.79 Å². The van der Waals surface area contributed by atoms with Crippen molar-refractivity contribution in [3.63, 3.8) is 0 Å². The molecule has 2 heterocycles. The zero-order valence-corrected chi connectivity index (χ0v) is 11.8. The molecule has 2 aliphatic heterocycles. The highest BCUT2D eigenvalue weighted by Crippen LogP contribution is 2.32. The van der Waals surface area contributed by atoms with E-state index in [2.05, 4.69) is 22.8 Å². The van der Waals surface area contributed by atoms with Crippen LogP contribution in [-0.2, 0) is 4.79 Å². The highest BCUT2D eigenvalue weighted by Gasteiger charge is 2.40. The van der Waals surface area contributed by atoms with Gasteiger partial charge < -0.3 is 15.5 Å². The van der Waals surface area contributed by atoms with Crippen molar-refractivity contribution >= 4 is 11.9 Å². The van der Waals surface area contributed by atoms with E-state index >= 15 is 0 Å². The Morgan fingerprint density at radius 2 is 2.10 bits per heavy atom. The fraction of sp³-hybridized carbons (Fsp3) is 0.733. The fourth-order valence-corrected chi connectivity index (χ4v) is 3.11. The van der Waals surface area contributed by atoms with Crippen LogP contribution in [0.3, 0.4) is 0 Å². The van der Waals surface area contributed by atoms with Gasteiger partial charge in [-0.05, 0) is 44.4 Å². The number of fused-ring (bicyclic) bond motifs is 2. The number of allylic oxidation sites excluding steroid dienone is 1. The molecule has 0 spiro atoms. The van der Waals surface area contributed by atoms with Crippen LogP contribution in [0.4, 0.5) is 4.79 Å². The van der Waals surface area contributed by atoms with Crippen LogP contribution in [0.1, 0.15) is 38.5 Å². The molecular formula is C15H23N3O2. The van der Waals surface area contributed by atoms with Crippen LogP contribution >= 0.6 is 0 Å². The number of hydrogen-bond donors (Lipinski definition) is 2. The van der Waals surface area contributed by atoms with Crippen LogP contribution in [0.5, 0.6) is 0 Å². The number of amides is 3. The molecule has 20 heavy (non-hydrogen) atoms. The fourth-order valence-electron chi connectivity index (χ4n) is 3.11. The lowest BCUT2D eigenvalue weighted by Gasteiger charge is -2.24. The second kappa shape index (κ2) is 5.85. The third-order valence-electron chi connectivity index (χ3n) is 4.44. The minimum atomic E-state index is -0.275. The maximum absolute atomic E-state index is 12.3.